The van der Waals surface area contributed by atoms with E-state index in [1.807, 2.05) is 32.0 Å². The predicted octanol–water partition coefficient (Wildman–Crippen LogP) is 5.30. The maximum atomic E-state index is 14.0. The number of carbonyl (C=O) groups excluding carboxylic acids is 3. The summed E-state index contributed by atoms with van der Waals surface area (Å²) in [6, 6.07) is 12.7. The van der Waals surface area contributed by atoms with Crippen LogP contribution in [-0.2, 0) is 24.5 Å². The molecule has 1 amide bonds. The van der Waals surface area contributed by atoms with Crippen LogP contribution >= 0.6 is 31.9 Å². The fourth-order valence-electron chi connectivity index (χ4n) is 5.63. The molecule has 0 aromatic heterocycles. The first-order chi connectivity index (χ1) is 17.0. The molecule has 5 rings (SSSR count). The number of allylic oxidation sites excluding steroid dienone is 1. The number of ether oxygens (including phenoxy) is 1. The Hall–Kier alpha value is -2.91. The molecule has 9 heteroatoms. The summed E-state index contributed by atoms with van der Waals surface area (Å²) >= 11 is 7.10. The lowest BCUT2D eigenvalue weighted by molar-refractivity contribution is -0.140. The van der Waals surface area contributed by atoms with Crippen LogP contribution in [-0.4, -0.2) is 24.3 Å². The van der Waals surface area contributed by atoms with Crippen LogP contribution in [0.3, 0.4) is 0 Å². The van der Waals surface area contributed by atoms with Gasteiger partial charge in [0.2, 0.25) is 5.91 Å². The number of esters is 1. The van der Waals surface area contributed by atoms with Gasteiger partial charge >= 0.3 is 5.97 Å². The molecule has 2 aromatic carbocycles. The topological polar surface area (TPSA) is 102 Å². The predicted molar refractivity (Wildman–Crippen MR) is 144 cm³/mol. The molecule has 1 spiro atoms. The van der Waals surface area contributed by atoms with Crippen LogP contribution in [0.2, 0.25) is 0 Å². The Morgan fingerprint density at radius 2 is 1.86 bits per heavy atom. The van der Waals surface area contributed by atoms with Crippen LogP contribution in [0, 0.1) is 5.41 Å². The fraction of sp³-hybridized carbons (Fsp3) is 0.296. The van der Waals surface area contributed by atoms with Gasteiger partial charge in [0.1, 0.15) is 16.8 Å². The molecule has 0 fully saturated rings. The number of hydrogen-bond donors (Lipinski definition) is 2. The van der Waals surface area contributed by atoms with Crippen molar-refractivity contribution in [2.75, 3.05) is 16.8 Å². The number of carbonyl (C=O) groups is 3. The molecule has 7 nitrogen and oxygen atoms in total. The Morgan fingerprint density at radius 1 is 1.14 bits per heavy atom. The average molecular weight is 615 g/mol. The highest BCUT2D eigenvalue weighted by molar-refractivity contribution is 9.11. The van der Waals surface area contributed by atoms with E-state index in [9.17, 15) is 14.4 Å². The molecule has 1 atom stereocenters. The first-order valence-corrected chi connectivity index (χ1v) is 13.2. The number of benzene rings is 2. The molecule has 3 aliphatic rings. The number of halogens is 2. The molecule has 2 aliphatic heterocycles. The lowest BCUT2D eigenvalue weighted by Gasteiger charge is -2.47. The zero-order chi connectivity index (χ0) is 26.0. The third-order valence-corrected chi connectivity index (χ3v) is 8.05. The van der Waals surface area contributed by atoms with E-state index in [4.69, 9.17) is 10.5 Å². The SMILES string of the molecule is CCOC(=O)C1=C(N)N(c2ccc(Br)cc2Br)C2=C(C(=O)CC(C)(C)C2)C12C(=O)Nc1ccccc12. The number of nitrogens with zero attached hydrogens (tertiary/aromatic N) is 1. The van der Waals surface area contributed by atoms with E-state index in [1.165, 1.54) is 0 Å². The van der Waals surface area contributed by atoms with Crippen LogP contribution in [0.25, 0.3) is 0 Å². The third-order valence-electron chi connectivity index (χ3n) is 6.92. The van der Waals surface area contributed by atoms with Gasteiger partial charge in [0.25, 0.3) is 0 Å². The molecule has 3 N–H and O–H groups in total. The van der Waals surface area contributed by atoms with Crippen molar-refractivity contribution in [2.24, 2.45) is 11.1 Å². The zero-order valence-electron chi connectivity index (χ0n) is 20.1. The minimum absolute atomic E-state index is 0.0478. The van der Waals surface area contributed by atoms with Crippen LogP contribution in [0.1, 0.15) is 39.2 Å². The van der Waals surface area contributed by atoms with Gasteiger partial charge in [-0.25, -0.2) is 4.79 Å². The third kappa shape index (κ3) is 3.47. The van der Waals surface area contributed by atoms with Gasteiger partial charge in [-0.05, 0) is 59.0 Å². The largest absolute Gasteiger partial charge is 0.462 e. The van der Waals surface area contributed by atoms with Crippen molar-refractivity contribution in [1.82, 2.24) is 0 Å². The summed E-state index contributed by atoms with van der Waals surface area (Å²) in [7, 11) is 0. The second-order valence-corrected chi connectivity index (χ2v) is 11.7. The average Bonchev–Trinajstić information content (AvgIpc) is 3.06. The van der Waals surface area contributed by atoms with Crippen LogP contribution in [0.15, 0.2) is 74.1 Å². The molecule has 1 unspecified atom stereocenters. The van der Waals surface area contributed by atoms with Gasteiger partial charge in [-0.15, -0.1) is 0 Å². The number of fused-ring (bicyclic) bond motifs is 3. The number of nitrogens with one attached hydrogen (secondary N) is 1. The second-order valence-electron chi connectivity index (χ2n) is 9.92. The lowest BCUT2D eigenvalue weighted by Crippen LogP contribution is -2.54. The standard InChI is InChI=1S/C27H25Br2N3O4/c1-4-36-24(34)22-23(30)32(18-10-9-14(28)11-16(18)29)19-12-26(2,3)13-20(33)21(19)27(22)15-7-5-6-8-17(15)31-25(27)35/h5-11H,4,12-13,30H2,1-3H3,(H,31,35). The molecule has 36 heavy (non-hydrogen) atoms. The van der Waals surface area contributed by atoms with Gasteiger partial charge in [-0.2, -0.15) is 0 Å². The van der Waals surface area contributed by atoms with Crippen LogP contribution in [0.5, 0.6) is 0 Å². The zero-order valence-corrected chi connectivity index (χ0v) is 23.2. The summed E-state index contributed by atoms with van der Waals surface area (Å²) in [5.41, 5.74) is 7.32. The number of nitrogens with two attached hydrogens (primary N) is 1. The van der Waals surface area contributed by atoms with Crippen molar-refractivity contribution in [3.63, 3.8) is 0 Å². The molecule has 2 aromatic rings. The number of anilines is 2. The first-order valence-electron chi connectivity index (χ1n) is 11.6. The monoisotopic (exact) mass is 613 g/mol. The Kier molecular flexibility index (Phi) is 5.91. The summed E-state index contributed by atoms with van der Waals surface area (Å²) in [5.74, 6) is -1.35. The second kappa shape index (κ2) is 8.59. The van der Waals surface area contributed by atoms with Crippen molar-refractivity contribution in [1.29, 1.82) is 0 Å². The quantitative estimate of drug-likeness (QED) is 0.455. The van der Waals surface area contributed by atoms with E-state index in [2.05, 4.69) is 37.2 Å². The Morgan fingerprint density at radius 3 is 2.56 bits per heavy atom. The van der Waals surface area contributed by atoms with Gasteiger partial charge in [0.05, 0.1) is 12.3 Å². The van der Waals surface area contributed by atoms with Crippen LogP contribution in [0.4, 0.5) is 11.4 Å². The summed E-state index contributed by atoms with van der Waals surface area (Å²) in [5, 5.41) is 2.90. The smallest absolute Gasteiger partial charge is 0.339 e. The molecule has 0 bridgehead atoms. The van der Waals surface area contributed by atoms with Crippen molar-refractivity contribution in [3.8, 4) is 0 Å². The minimum atomic E-state index is -1.70. The highest BCUT2D eigenvalue weighted by atomic mass is 79.9. The maximum Gasteiger partial charge on any atom is 0.339 e. The van der Waals surface area contributed by atoms with Crippen molar-refractivity contribution < 1.29 is 19.1 Å². The molecule has 0 saturated heterocycles. The number of hydrogen-bond acceptors (Lipinski definition) is 6. The Balaban J connectivity index is 1.93. The van der Waals surface area contributed by atoms with Gasteiger partial charge in [0, 0.05) is 37.9 Å². The van der Waals surface area contributed by atoms with Gasteiger partial charge < -0.3 is 15.8 Å². The van der Waals surface area contributed by atoms with Crippen LogP contribution < -0.4 is 16.0 Å². The van der Waals surface area contributed by atoms with E-state index < -0.39 is 17.3 Å². The lowest BCUT2D eigenvalue weighted by atomic mass is 9.60. The number of para-hydroxylation sites is 1. The van der Waals surface area contributed by atoms with E-state index in [1.54, 1.807) is 36.1 Å². The molecular formula is C27H25Br2N3O4. The summed E-state index contributed by atoms with van der Waals surface area (Å²) in [6.07, 6.45) is 0.707. The highest BCUT2D eigenvalue weighted by Gasteiger charge is 2.63. The van der Waals surface area contributed by atoms with Gasteiger partial charge in [-0.1, -0.05) is 48.0 Å². The van der Waals surface area contributed by atoms with Gasteiger partial charge in [-0.3, -0.25) is 14.5 Å². The molecule has 1 aliphatic carbocycles. The van der Waals surface area contributed by atoms with Crippen molar-refractivity contribution in [2.45, 2.75) is 39.0 Å². The van der Waals surface area contributed by atoms with Crippen molar-refractivity contribution in [3.05, 3.63) is 79.6 Å². The molecule has 0 saturated carbocycles. The normalized spacial score (nSPS) is 22.5. The minimum Gasteiger partial charge on any atom is -0.462 e. The molecule has 0 radical (unpaired) electrons. The Bertz CT molecular complexity index is 1410. The van der Waals surface area contributed by atoms with E-state index in [0.717, 1.165) is 4.47 Å². The first kappa shape index (κ1) is 24.8. The maximum absolute atomic E-state index is 14.0. The molecular weight excluding hydrogens is 590 g/mol. The number of Topliss-reactive ketones (excluding diaryl/α,β-unsaturated/α-hetero) is 1. The summed E-state index contributed by atoms with van der Waals surface area (Å²) in [4.78, 5) is 43.3. The number of amides is 1. The molecule has 186 valence electrons. The Labute approximate surface area is 226 Å². The van der Waals surface area contributed by atoms with E-state index >= 15 is 0 Å². The fourth-order valence-corrected chi connectivity index (χ4v) is 6.86. The van der Waals surface area contributed by atoms with E-state index in [0.29, 0.717) is 33.5 Å². The summed E-state index contributed by atoms with van der Waals surface area (Å²) in [6.45, 7) is 5.80. The van der Waals surface area contributed by atoms with Crippen molar-refractivity contribution >= 4 is 60.9 Å². The number of rotatable bonds is 3. The van der Waals surface area contributed by atoms with Gasteiger partial charge in [0.15, 0.2) is 5.78 Å². The highest BCUT2D eigenvalue weighted by Crippen LogP contribution is 2.57. The molecule has 2 heterocycles. The summed E-state index contributed by atoms with van der Waals surface area (Å²) < 4.78 is 7.01. The van der Waals surface area contributed by atoms with E-state index in [-0.39, 0.29) is 41.2 Å². The number of ketones is 1.